The number of ether oxygens (including phenoxy) is 1. The predicted octanol–water partition coefficient (Wildman–Crippen LogP) is 1.99. The number of hydrogen-bond acceptors (Lipinski definition) is 5. The third-order valence-corrected chi connectivity index (χ3v) is 3.05. The van der Waals surface area contributed by atoms with Crippen LogP contribution in [0.15, 0.2) is 6.20 Å². The maximum atomic E-state index is 11.3. The fourth-order valence-electron chi connectivity index (χ4n) is 1.22. The van der Waals surface area contributed by atoms with E-state index in [1.165, 1.54) is 18.4 Å². The lowest BCUT2D eigenvalue weighted by molar-refractivity contribution is -0.140. The number of aromatic nitrogens is 1. The molecular weight excluding hydrogens is 240 g/mol. The van der Waals surface area contributed by atoms with Crippen LogP contribution in [0.25, 0.3) is 0 Å². The summed E-state index contributed by atoms with van der Waals surface area (Å²) in [5.41, 5.74) is 0. The van der Waals surface area contributed by atoms with Gasteiger partial charge in [-0.05, 0) is 12.8 Å². The zero-order valence-electron chi connectivity index (χ0n) is 9.99. The normalized spacial score (nSPS) is 10.0. The molecule has 0 aliphatic rings. The van der Waals surface area contributed by atoms with Gasteiger partial charge in [0.1, 0.15) is 0 Å². The summed E-state index contributed by atoms with van der Waals surface area (Å²) in [6.45, 7) is 1.95. The van der Waals surface area contributed by atoms with Gasteiger partial charge in [0.2, 0.25) is 5.91 Å². The number of aryl methyl sites for hydroxylation is 1. The van der Waals surface area contributed by atoms with Gasteiger partial charge in [0.15, 0.2) is 5.13 Å². The SMILES string of the molecule is CCCC(=O)Nc1ncc(CCC(=O)OC)s1. The van der Waals surface area contributed by atoms with Gasteiger partial charge in [0.25, 0.3) is 0 Å². The Hall–Kier alpha value is -1.43. The van der Waals surface area contributed by atoms with Gasteiger partial charge < -0.3 is 10.1 Å². The number of hydrogen-bond donors (Lipinski definition) is 1. The number of rotatable bonds is 6. The second-order valence-corrected chi connectivity index (χ2v) is 4.62. The van der Waals surface area contributed by atoms with Crippen LogP contribution in [0.5, 0.6) is 0 Å². The lowest BCUT2D eigenvalue weighted by Gasteiger charge is -1.98. The molecule has 0 aliphatic heterocycles. The van der Waals surface area contributed by atoms with Crippen molar-refractivity contribution in [2.45, 2.75) is 32.6 Å². The molecule has 6 heteroatoms. The minimum Gasteiger partial charge on any atom is -0.469 e. The summed E-state index contributed by atoms with van der Waals surface area (Å²) in [6, 6.07) is 0. The van der Waals surface area contributed by atoms with E-state index in [2.05, 4.69) is 15.0 Å². The molecule has 1 rings (SSSR count). The van der Waals surface area contributed by atoms with Crippen LogP contribution in [0.4, 0.5) is 5.13 Å². The highest BCUT2D eigenvalue weighted by atomic mass is 32.1. The molecule has 1 aromatic heterocycles. The van der Waals surface area contributed by atoms with Crippen LogP contribution in [0.3, 0.4) is 0 Å². The second-order valence-electron chi connectivity index (χ2n) is 3.51. The molecule has 5 nitrogen and oxygen atoms in total. The van der Waals surface area contributed by atoms with Crippen molar-refractivity contribution in [2.75, 3.05) is 12.4 Å². The van der Waals surface area contributed by atoms with Crippen molar-refractivity contribution in [3.63, 3.8) is 0 Å². The van der Waals surface area contributed by atoms with Crippen molar-refractivity contribution in [1.29, 1.82) is 0 Å². The molecule has 0 saturated carbocycles. The van der Waals surface area contributed by atoms with Crippen LogP contribution >= 0.6 is 11.3 Å². The number of nitrogens with one attached hydrogen (secondary N) is 1. The maximum Gasteiger partial charge on any atom is 0.305 e. The summed E-state index contributed by atoms with van der Waals surface area (Å²) < 4.78 is 4.55. The zero-order chi connectivity index (χ0) is 12.7. The van der Waals surface area contributed by atoms with Crippen LogP contribution in [-0.4, -0.2) is 24.0 Å². The van der Waals surface area contributed by atoms with Gasteiger partial charge in [0, 0.05) is 17.5 Å². The van der Waals surface area contributed by atoms with Crippen LogP contribution in [0.2, 0.25) is 0 Å². The molecular formula is C11H16N2O3S. The van der Waals surface area contributed by atoms with Gasteiger partial charge in [-0.3, -0.25) is 9.59 Å². The number of carbonyl (C=O) groups excluding carboxylic acids is 2. The number of nitrogens with zero attached hydrogens (tertiary/aromatic N) is 1. The molecule has 1 aromatic rings. The highest BCUT2D eigenvalue weighted by Gasteiger charge is 2.07. The highest BCUT2D eigenvalue weighted by Crippen LogP contribution is 2.19. The number of esters is 1. The molecule has 0 unspecified atom stereocenters. The van der Waals surface area contributed by atoms with Gasteiger partial charge in [-0.25, -0.2) is 4.98 Å². The zero-order valence-corrected chi connectivity index (χ0v) is 10.8. The van der Waals surface area contributed by atoms with E-state index in [1.54, 1.807) is 6.20 Å². The fourth-order valence-corrected chi connectivity index (χ4v) is 2.05. The molecule has 0 atom stereocenters. The van der Waals surface area contributed by atoms with E-state index in [0.29, 0.717) is 24.4 Å². The summed E-state index contributed by atoms with van der Waals surface area (Å²) in [6.07, 6.45) is 3.91. The molecule has 0 aromatic carbocycles. The average molecular weight is 256 g/mol. The van der Waals surface area contributed by atoms with Crippen molar-refractivity contribution in [1.82, 2.24) is 4.98 Å². The number of anilines is 1. The Labute approximate surface area is 104 Å². The van der Waals surface area contributed by atoms with Gasteiger partial charge in [-0.2, -0.15) is 0 Å². The minimum absolute atomic E-state index is 0.0265. The predicted molar refractivity (Wildman–Crippen MR) is 66.0 cm³/mol. The standard InChI is InChI=1S/C11H16N2O3S/c1-3-4-9(14)13-11-12-7-8(17-11)5-6-10(15)16-2/h7H,3-6H2,1-2H3,(H,12,13,14). The van der Waals surface area contributed by atoms with Gasteiger partial charge in [-0.1, -0.05) is 6.92 Å². The first kappa shape index (κ1) is 13.6. The van der Waals surface area contributed by atoms with Gasteiger partial charge >= 0.3 is 5.97 Å². The van der Waals surface area contributed by atoms with Crippen molar-refractivity contribution < 1.29 is 14.3 Å². The number of methoxy groups -OCH3 is 1. The van der Waals surface area contributed by atoms with Gasteiger partial charge in [0.05, 0.1) is 13.5 Å². The molecule has 0 spiro atoms. The monoisotopic (exact) mass is 256 g/mol. The van der Waals surface area contributed by atoms with Crippen LogP contribution in [0, 0.1) is 0 Å². The molecule has 0 saturated heterocycles. The van der Waals surface area contributed by atoms with Crippen LogP contribution < -0.4 is 5.32 Å². The Kier molecular flexibility index (Phi) is 5.62. The van der Waals surface area contributed by atoms with Crippen molar-refractivity contribution >= 4 is 28.3 Å². The molecule has 17 heavy (non-hydrogen) atoms. The van der Waals surface area contributed by atoms with Crippen molar-refractivity contribution in [3.05, 3.63) is 11.1 Å². The van der Waals surface area contributed by atoms with Crippen molar-refractivity contribution in [2.24, 2.45) is 0 Å². The first-order chi connectivity index (χ1) is 8.15. The molecule has 0 fully saturated rings. The van der Waals surface area contributed by atoms with Gasteiger partial charge in [-0.15, -0.1) is 11.3 Å². The third-order valence-electron chi connectivity index (χ3n) is 2.08. The van der Waals surface area contributed by atoms with E-state index in [-0.39, 0.29) is 11.9 Å². The molecule has 1 N–H and O–H groups in total. The number of thiazole rings is 1. The topological polar surface area (TPSA) is 68.3 Å². The Morgan fingerprint density at radius 3 is 2.88 bits per heavy atom. The molecule has 0 aliphatic carbocycles. The first-order valence-electron chi connectivity index (χ1n) is 5.47. The molecule has 1 amide bonds. The quantitative estimate of drug-likeness (QED) is 0.790. The first-order valence-corrected chi connectivity index (χ1v) is 6.28. The fraction of sp³-hybridized carbons (Fsp3) is 0.545. The Balaban J connectivity index is 2.42. The summed E-state index contributed by atoms with van der Waals surface area (Å²) in [5.74, 6) is -0.267. The summed E-state index contributed by atoms with van der Waals surface area (Å²) in [5, 5.41) is 3.30. The summed E-state index contributed by atoms with van der Waals surface area (Å²) in [7, 11) is 1.37. The van der Waals surface area contributed by atoms with E-state index in [0.717, 1.165) is 11.3 Å². The second kappa shape index (κ2) is 7.01. The lowest BCUT2D eigenvalue weighted by atomic mass is 10.3. The van der Waals surface area contributed by atoms with Crippen LogP contribution in [0.1, 0.15) is 31.1 Å². The molecule has 0 radical (unpaired) electrons. The average Bonchev–Trinajstić information content (AvgIpc) is 2.74. The summed E-state index contributed by atoms with van der Waals surface area (Å²) >= 11 is 1.39. The molecule has 0 bridgehead atoms. The summed E-state index contributed by atoms with van der Waals surface area (Å²) in [4.78, 5) is 27.3. The largest absolute Gasteiger partial charge is 0.469 e. The van der Waals surface area contributed by atoms with E-state index in [9.17, 15) is 9.59 Å². The Morgan fingerprint density at radius 1 is 1.47 bits per heavy atom. The lowest BCUT2D eigenvalue weighted by Crippen LogP contribution is -2.09. The maximum absolute atomic E-state index is 11.3. The molecule has 94 valence electrons. The van der Waals surface area contributed by atoms with E-state index >= 15 is 0 Å². The smallest absolute Gasteiger partial charge is 0.305 e. The highest BCUT2D eigenvalue weighted by molar-refractivity contribution is 7.15. The van der Waals surface area contributed by atoms with E-state index in [4.69, 9.17) is 0 Å². The molecule has 1 heterocycles. The third kappa shape index (κ3) is 4.95. The number of amides is 1. The van der Waals surface area contributed by atoms with E-state index < -0.39 is 0 Å². The Bertz CT molecular complexity index is 390. The number of carbonyl (C=O) groups is 2. The Morgan fingerprint density at radius 2 is 2.24 bits per heavy atom. The van der Waals surface area contributed by atoms with Crippen molar-refractivity contribution in [3.8, 4) is 0 Å². The minimum atomic E-state index is -0.241. The van der Waals surface area contributed by atoms with Crippen LogP contribution in [-0.2, 0) is 20.7 Å². The van der Waals surface area contributed by atoms with E-state index in [1.807, 2.05) is 6.92 Å².